The minimum absolute atomic E-state index is 0.224. The van der Waals surface area contributed by atoms with Crippen LogP contribution >= 0.6 is 0 Å². The first-order valence-corrected chi connectivity index (χ1v) is 11.0. The van der Waals surface area contributed by atoms with Gasteiger partial charge in [-0.15, -0.1) is 6.58 Å². The molecule has 1 aromatic heterocycles. The van der Waals surface area contributed by atoms with Crippen LogP contribution in [0.5, 0.6) is 0 Å². The lowest BCUT2D eigenvalue weighted by molar-refractivity contribution is 0.0732. The van der Waals surface area contributed by atoms with Crippen molar-refractivity contribution in [2.75, 3.05) is 13.1 Å². The predicted octanol–water partition coefficient (Wildman–Crippen LogP) is 5.05. The van der Waals surface area contributed by atoms with Crippen molar-refractivity contribution in [1.82, 2.24) is 19.8 Å². The highest BCUT2D eigenvalue weighted by Crippen LogP contribution is 2.21. The van der Waals surface area contributed by atoms with E-state index in [4.69, 9.17) is 4.98 Å². The zero-order chi connectivity index (χ0) is 23.1. The molecule has 0 atom stereocenters. The van der Waals surface area contributed by atoms with Crippen LogP contribution in [-0.2, 0) is 19.6 Å². The summed E-state index contributed by atoms with van der Waals surface area (Å²) in [6.45, 7) is 10.6. The second-order valence-corrected chi connectivity index (χ2v) is 7.77. The molecular weight excluding hydrogens is 410 g/mol. The number of rotatable bonds is 11. The number of halogens is 2. The highest BCUT2D eigenvalue weighted by molar-refractivity contribution is 5.94. The number of carbonyl (C=O) groups excluding carboxylic acids is 1. The van der Waals surface area contributed by atoms with Gasteiger partial charge >= 0.3 is 0 Å². The third kappa shape index (κ3) is 5.40. The lowest BCUT2D eigenvalue weighted by atomic mass is 10.1. The minimum Gasteiger partial charge on any atom is -0.331 e. The lowest BCUT2D eigenvalue weighted by Crippen LogP contribution is -2.33. The van der Waals surface area contributed by atoms with Gasteiger partial charge in [0.15, 0.2) is 0 Å². The fourth-order valence-corrected chi connectivity index (χ4v) is 3.77. The molecule has 0 radical (unpaired) electrons. The zero-order valence-corrected chi connectivity index (χ0v) is 18.7. The van der Waals surface area contributed by atoms with Crippen LogP contribution in [-0.4, -0.2) is 33.4 Å². The Balaban J connectivity index is 1.94. The van der Waals surface area contributed by atoms with Crippen molar-refractivity contribution in [2.45, 2.75) is 46.3 Å². The SMILES string of the molecule is C=CCNCc1ccc2c(c1)nc(CN(CCC)C(=O)c1cc(F)ccc1F)n2CCC. The smallest absolute Gasteiger partial charge is 0.257 e. The number of benzene rings is 2. The van der Waals surface area contributed by atoms with Crippen LogP contribution in [0.3, 0.4) is 0 Å². The predicted molar refractivity (Wildman–Crippen MR) is 123 cm³/mol. The van der Waals surface area contributed by atoms with Gasteiger partial charge in [-0.2, -0.15) is 0 Å². The molecule has 0 saturated carbocycles. The van der Waals surface area contributed by atoms with Crippen molar-refractivity contribution in [1.29, 1.82) is 0 Å². The Morgan fingerprint density at radius 1 is 1.19 bits per heavy atom. The second kappa shape index (κ2) is 11.0. The van der Waals surface area contributed by atoms with Gasteiger partial charge in [-0.25, -0.2) is 13.8 Å². The molecule has 0 unspecified atom stereocenters. The summed E-state index contributed by atoms with van der Waals surface area (Å²) in [5.74, 6) is -1.16. The number of hydrogen-bond acceptors (Lipinski definition) is 3. The molecular formula is C25H30F2N4O. The van der Waals surface area contributed by atoms with Gasteiger partial charge in [-0.1, -0.05) is 26.0 Å². The standard InChI is InChI=1S/C25H30F2N4O/c1-4-11-28-16-18-7-10-23-22(14-18)29-24(31(23)13-6-3)17-30(12-5-2)25(32)20-15-19(26)8-9-21(20)27/h4,7-10,14-15,28H,1,5-6,11-13,16-17H2,2-3H3. The Morgan fingerprint density at radius 3 is 2.72 bits per heavy atom. The fourth-order valence-electron chi connectivity index (χ4n) is 3.77. The van der Waals surface area contributed by atoms with Crippen molar-refractivity contribution >= 4 is 16.9 Å². The van der Waals surface area contributed by atoms with E-state index in [2.05, 4.69) is 29.5 Å². The number of nitrogens with zero attached hydrogens (tertiary/aromatic N) is 3. The van der Waals surface area contributed by atoms with Crippen LogP contribution in [0.2, 0.25) is 0 Å². The number of aromatic nitrogens is 2. The van der Waals surface area contributed by atoms with Crippen molar-refractivity contribution in [2.24, 2.45) is 0 Å². The van der Waals surface area contributed by atoms with Crippen LogP contribution in [0.1, 0.15) is 48.4 Å². The number of nitrogens with one attached hydrogen (secondary N) is 1. The normalized spacial score (nSPS) is 11.1. The molecule has 3 aromatic rings. The quantitative estimate of drug-likeness (QED) is 0.335. The number of carbonyl (C=O) groups is 1. The molecule has 0 aliphatic heterocycles. The summed E-state index contributed by atoms with van der Waals surface area (Å²) in [7, 11) is 0. The van der Waals surface area contributed by atoms with Gasteiger partial charge in [0.05, 0.1) is 23.1 Å². The highest BCUT2D eigenvalue weighted by Gasteiger charge is 2.22. The first-order valence-electron chi connectivity index (χ1n) is 11.0. The van der Waals surface area contributed by atoms with Crippen LogP contribution in [0.25, 0.3) is 11.0 Å². The molecule has 7 heteroatoms. The number of hydrogen-bond donors (Lipinski definition) is 1. The molecule has 0 aliphatic carbocycles. The average Bonchev–Trinajstić information content (AvgIpc) is 3.11. The maximum Gasteiger partial charge on any atom is 0.257 e. The molecule has 1 heterocycles. The maximum absolute atomic E-state index is 14.3. The van der Waals surface area contributed by atoms with Crippen LogP contribution < -0.4 is 5.32 Å². The summed E-state index contributed by atoms with van der Waals surface area (Å²) in [6.07, 6.45) is 3.41. The summed E-state index contributed by atoms with van der Waals surface area (Å²) < 4.78 is 30.0. The molecule has 0 fully saturated rings. The van der Waals surface area contributed by atoms with Crippen molar-refractivity contribution in [3.8, 4) is 0 Å². The van der Waals surface area contributed by atoms with E-state index in [0.717, 1.165) is 60.1 Å². The molecule has 0 aliphatic rings. The summed E-state index contributed by atoms with van der Waals surface area (Å²) in [4.78, 5) is 19.4. The van der Waals surface area contributed by atoms with Crippen molar-refractivity contribution in [3.05, 3.63) is 77.6 Å². The molecule has 2 aromatic carbocycles. The van der Waals surface area contributed by atoms with E-state index in [1.54, 1.807) is 0 Å². The Kier molecular flexibility index (Phi) is 8.11. The van der Waals surface area contributed by atoms with E-state index >= 15 is 0 Å². The van der Waals surface area contributed by atoms with Crippen LogP contribution in [0, 0.1) is 11.6 Å². The van der Waals surface area contributed by atoms with Gasteiger partial charge in [-0.05, 0) is 48.7 Å². The van der Waals surface area contributed by atoms with Gasteiger partial charge in [0.1, 0.15) is 17.5 Å². The average molecular weight is 441 g/mol. The van der Waals surface area contributed by atoms with Crippen molar-refractivity contribution in [3.63, 3.8) is 0 Å². The van der Waals surface area contributed by atoms with Gasteiger partial charge in [0.2, 0.25) is 0 Å². The van der Waals surface area contributed by atoms with E-state index < -0.39 is 17.5 Å². The summed E-state index contributed by atoms with van der Waals surface area (Å²) in [5.41, 5.74) is 2.70. The first-order chi connectivity index (χ1) is 15.5. The highest BCUT2D eigenvalue weighted by atomic mass is 19.1. The molecule has 0 bridgehead atoms. The van der Waals surface area contributed by atoms with Crippen molar-refractivity contribution < 1.29 is 13.6 Å². The van der Waals surface area contributed by atoms with Gasteiger partial charge in [0, 0.05) is 26.2 Å². The Hall–Kier alpha value is -3.06. The lowest BCUT2D eigenvalue weighted by Gasteiger charge is -2.23. The molecule has 1 amide bonds. The summed E-state index contributed by atoms with van der Waals surface area (Å²) >= 11 is 0. The first kappa shape index (κ1) is 23.6. The van der Waals surface area contributed by atoms with E-state index in [1.807, 2.05) is 25.1 Å². The van der Waals surface area contributed by atoms with E-state index in [9.17, 15) is 13.6 Å². The number of amides is 1. The van der Waals surface area contributed by atoms with Gasteiger partial charge in [-0.3, -0.25) is 4.79 Å². The molecule has 5 nitrogen and oxygen atoms in total. The van der Waals surface area contributed by atoms with E-state index in [-0.39, 0.29) is 12.1 Å². The fraction of sp³-hybridized carbons (Fsp3) is 0.360. The van der Waals surface area contributed by atoms with Gasteiger partial charge < -0.3 is 14.8 Å². The molecule has 3 rings (SSSR count). The topological polar surface area (TPSA) is 50.2 Å². The van der Waals surface area contributed by atoms with E-state index in [0.29, 0.717) is 19.5 Å². The van der Waals surface area contributed by atoms with Crippen LogP contribution in [0.4, 0.5) is 8.78 Å². The molecule has 0 saturated heterocycles. The monoisotopic (exact) mass is 440 g/mol. The number of imidazole rings is 1. The molecule has 32 heavy (non-hydrogen) atoms. The third-order valence-corrected chi connectivity index (χ3v) is 5.23. The largest absolute Gasteiger partial charge is 0.331 e. The third-order valence-electron chi connectivity index (χ3n) is 5.23. The summed E-state index contributed by atoms with van der Waals surface area (Å²) in [5, 5.41) is 3.28. The minimum atomic E-state index is -0.726. The summed E-state index contributed by atoms with van der Waals surface area (Å²) in [6, 6.07) is 9.11. The Morgan fingerprint density at radius 2 is 2.00 bits per heavy atom. The maximum atomic E-state index is 14.3. The molecule has 170 valence electrons. The molecule has 0 spiro atoms. The van der Waals surface area contributed by atoms with Crippen LogP contribution in [0.15, 0.2) is 49.1 Å². The number of aryl methyl sites for hydroxylation is 1. The zero-order valence-electron chi connectivity index (χ0n) is 18.7. The molecule has 1 N–H and O–H groups in total. The number of fused-ring (bicyclic) bond motifs is 1. The van der Waals surface area contributed by atoms with E-state index in [1.165, 1.54) is 4.90 Å². The Labute approximate surface area is 187 Å². The van der Waals surface area contributed by atoms with Gasteiger partial charge in [0.25, 0.3) is 5.91 Å². The second-order valence-electron chi connectivity index (χ2n) is 7.77. The Bertz CT molecular complexity index is 1090.